The van der Waals surface area contributed by atoms with E-state index < -0.39 is 0 Å². The predicted molar refractivity (Wildman–Crippen MR) is 161 cm³/mol. The molecule has 2 aromatic carbocycles. The van der Waals surface area contributed by atoms with Crippen molar-refractivity contribution in [3.05, 3.63) is 66.1 Å². The lowest BCUT2D eigenvalue weighted by atomic mass is 9.93. The first-order chi connectivity index (χ1) is 19.2. The largest absolute Gasteiger partial charge is 0.359 e. The number of amides is 2. The summed E-state index contributed by atoms with van der Waals surface area (Å²) in [4.78, 5) is 23.4. The highest BCUT2D eigenvalue weighted by atomic mass is 32.1. The number of carbonyl (C=O) groups is 1. The van der Waals surface area contributed by atoms with Crippen LogP contribution in [0.25, 0.3) is 26.4 Å². The number of rotatable bonds is 6. The smallest absolute Gasteiger partial charge is 0.324 e. The van der Waals surface area contributed by atoms with Crippen LogP contribution >= 0.6 is 11.3 Å². The Hall–Kier alpha value is -3.73. The van der Waals surface area contributed by atoms with Crippen molar-refractivity contribution < 1.29 is 9.32 Å². The number of likely N-dealkylation sites (N-methyl/N-ethyl adjacent to an activating group) is 1. The van der Waals surface area contributed by atoms with E-state index in [1.807, 2.05) is 45.0 Å². The van der Waals surface area contributed by atoms with Crippen LogP contribution in [0, 0.1) is 0 Å². The van der Waals surface area contributed by atoms with Gasteiger partial charge in [0.25, 0.3) is 0 Å². The molecule has 1 aliphatic heterocycles. The van der Waals surface area contributed by atoms with E-state index in [2.05, 4.69) is 61.3 Å². The van der Waals surface area contributed by atoms with Crippen molar-refractivity contribution in [2.75, 3.05) is 43.4 Å². The second-order valence-corrected chi connectivity index (χ2v) is 12.4. The number of hydrogen-bond acceptors (Lipinski definition) is 7. The summed E-state index contributed by atoms with van der Waals surface area (Å²) in [6, 6.07) is 15.8. The zero-order valence-electron chi connectivity index (χ0n) is 23.4. The number of carbonyl (C=O) groups excluding carboxylic acids is 1. The van der Waals surface area contributed by atoms with E-state index in [1.165, 1.54) is 15.8 Å². The number of fused-ring (bicyclic) bond motifs is 3. The van der Waals surface area contributed by atoms with Gasteiger partial charge in [-0.3, -0.25) is 14.6 Å². The summed E-state index contributed by atoms with van der Waals surface area (Å²) in [5.41, 5.74) is 4.92. The molecule has 2 amide bonds. The third-order valence-corrected chi connectivity index (χ3v) is 8.42. The molecule has 9 nitrogen and oxygen atoms in total. The lowest BCUT2D eigenvalue weighted by molar-refractivity contribution is 0.132. The van der Waals surface area contributed by atoms with Crippen molar-refractivity contribution in [2.24, 2.45) is 0 Å². The molecule has 2 N–H and O–H groups in total. The van der Waals surface area contributed by atoms with E-state index >= 15 is 0 Å². The van der Waals surface area contributed by atoms with Gasteiger partial charge in [0.2, 0.25) is 0 Å². The molecule has 1 aliphatic rings. The Morgan fingerprint density at radius 2 is 1.75 bits per heavy atom. The SMILES string of the molecule is CCN1CCN(Cc2ccc3c(c2)sc2nc(-c4ccc(NC(=O)Nc5cc(C(C)(C)C)on5)cc4)cn23)CC1. The Kier molecular flexibility index (Phi) is 7.07. The molecule has 0 spiro atoms. The fourth-order valence-electron chi connectivity index (χ4n) is 5.00. The number of benzene rings is 2. The zero-order valence-corrected chi connectivity index (χ0v) is 24.2. The first-order valence-electron chi connectivity index (χ1n) is 13.8. The van der Waals surface area contributed by atoms with Crippen molar-refractivity contribution >= 4 is 44.1 Å². The summed E-state index contributed by atoms with van der Waals surface area (Å²) in [6.07, 6.45) is 2.09. The Bertz CT molecular complexity index is 1640. The quantitative estimate of drug-likeness (QED) is 0.255. The van der Waals surface area contributed by atoms with Crippen molar-refractivity contribution in [1.29, 1.82) is 0 Å². The van der Waals surface area contributed by atoms with Gasteiger partial charge in [0.15, 0.2) is 10.8 Å². The first-order valence-corrected chi connectivity index (χ1v) is 14.6. The lowest BCUT2D eigenvalue weighted by Crippen LogP contribution is -2.45. The maximum absolute atomic E-state index is 12.4. The third kappa shape index (κ3) is 5.60. The van der Waals surface area contributed by atoms with E-state index in [0.29, 0.717) is 17.3 Å². The second-order valence-electron chi connectivity index (χ2n) is 11.4. The van der Waals surface area contributed by atoms with Gasteiger partial charge in [-0.1, -0.05) is 62.4 Å². The molecule has 10 heteroatoms. The monoisotopic (exact) mass is 557 g/mol. The molecule has 6 rings (SSSR count). The van der Waals surface area contributed by atoms with Gasteiger partial charge in [-0.2, -0.15) is 0 Å². The maximum Gasteiger partial charge on any atom is 0.324 e. The molecule has 5 aromatic rings. The predicted octanol–water partition coefficient (Wildman–Crippen LogP) is 6.28. The highest BCUT2D eigenvalue weighted by molar-refractivity contribution is 7.23. The average molecular weight is 558 g/mol. The highest BCUT2D eigenvalue weighted by Gasteiger charge is 2.20. The minimum atomic E-state index is -0.377. The van der Waals surface area contributed by atoms with Crippen molar-refractivity contribution in [3.63, 3.8) is 0 Å². The summed E-state index contributed by atoms with van der Waals surface area (Å²) >= 11 is 1.72. The fraction of sp³-hybridized carbons (Fsp3) is 0.367. The maximum atomic E-state index is 12.4. The summed E-state index contributed by atoms with van der Waals surface area (Å²) in [5, 5.41) is 9.49. The average Bonchev–Trinajstić information content (AvgIpc) is 3.64. The van der Waals surface area contributed by atoms with Crippen LogP contribution in [0.2, 0.25) is 0 Å². The van der Waals surface area contributed by atoms with Gasteiger partial charge in [-0.15, -0.1) is 0 Å². The summed E-state index contributed by atoms with van der Waals surface area (Å²) in [7, 11) is 0. The van der Waals surface area contributed by atoms with E-state index in [4.69, 9.17) is 9.51 Å². The van der Waals surface area contributed by atoms with Gasteiger partial charge in [-0.25, -0.2) is 9.78 Å². The topological polar surface area (TPSA) is 90.9 Å². The van der Waals surface area contributed by atoms with Crippen molar-refractivity contribution in [3.8, 4) is 11.3 Å². The number of aromatic nitrogens is 3. The van der Waals surface area contributed by atoms with Gasteiger partial charge < -0.3 is 14.7 Å². The number of hydrogen-bond donors (Lipinski definition) is 2. The van der Waals surface area contributed by atoms with E-state index in [0.717, 1.165) is 55.5 Å². The molecule has 4 heterocycles. The number of nitrogens with one attached hydrogen (secondary N) is 2. The Morgan fingerprint density at radius 3 is 2.45 bits per heavy atom. The Labute approximate surface area is 237 Å². The molecule has 0 atom stereocenters. The summed E-state index contributed by atoms with van der Waals surface area (Å²) in [5.74, 6) is 1.09. The molecule has 40 heavy (non-hydrogen) atoms. The number of urea groups is 1. The molecular formula is C30H35N7O2S. The van der Waals surface area contributed by atoms with Crippen LogP contribution in [-0.4, -0.2) is 63.1 Å². The van der Waals surface area contributed by atoms with Crippen molar-refractivity contribution in [1.82, 2.24) is 24.3 Å². The number of nitrogens with zero attached hydrogens (tertiary/aromatic N) is 5. The minimum absolute atomic E-state index is 0.180. The molecule has 0 bridgehead atoms. The molecule has 3 aromatic heterocycles. The van der Waals surface area contributed by atoms with Crippen LogP contribution in [0.15, 0.2) is 59.3 Å². The van der Waals surface area contributed by atoms with Gasteiger partial charge in [-0.05, 0) is 36.4 Å². The van der Waals surface area contributed by atoms with E-state index in [9.17, 15) is 4.79 Å². The normalized spacial score (nSPS) is 15.2. The van der Waals surface area contributed by atoms with Gasteiger partial charge >= 0.3 is 6.03 Å². The van der Waals surface area contributed by atoms with Crippen LogP contribution in [0.3, 0.4) is 0 Å². The fourth-order valence-corrected chi connectivity index (χ4v) is 6.07. The molecular weight excluding hydrogens is 522 g/mol. The Balaban J connectivity index is 1.10. The van der Waals surface area contributed by atoms with E-state index in [1.54, 1.807) is 17.4 Å². The summed E-state index contributed by atoms with van der Waals surface area (Å²) in [6.45, 7) is 15.0. The summed E-state index contributed by atoms with van der Waals surface area (Å²) < 4.78 is 8.75. The van der Waals surface area contributed by atoms with Gasteiger partial charge in [0.1, 0.15) is 5.76 Å². The molecule has 208 valence electrons. The molecule has 1 fully saturated rings. The second kappa shape index (κ2) is 10.7. The lowest BCUT2D eigenvalue weighted by Gasteiger charge is -2.34. The van der Waals surface area contributed by atoms with Crippen LogP contribution in [0.5, 0.6) is 0 Å². The first kappa shape index (κ1) is 26.5. The minimum Gasteiger partial charge on any atom is -0.359 e. The number of thiazole rings is 1. The van der Waals surface area contributed by atoms with Crippen LogP contribution < -0.4 is 10.6 Å². The standard InChI is InChI=1S/C30H35N7O2S/c1-5-35-12-14-36(15-13-35)18-20-6-11-24-25(16-20)40-29-32-23(19-37(24)29)21-7-9-22(10-8-21)31-28(38)33-27-17-26(39-34-27)30(2,3)4/h6-11,16-17,19H,5,12-15,18H2,1-4H3,(H2,31,33,34,38). The highest BCUT2D eigenvalue weighted by Crippen LogP contribution is 2.31. The Morgan fingerprint density at radius 1 is 1.00 bits per heavy atom. The molecule has 0 saturated carbocycles. The molecule has 0 aliphatic carbocycles. The number of imidazole rings is 1. The molecule has 0 unspecified atom stereocenters. The van der Waals surface area contributed by atoms with Crippen LogP contribution in [0.1, 0.15) is 39.0 Å². The third-order valence-electron chi connectivity index (χ3n) is 7.41. The van der Waals surface area contributed by atoms with Gasteiger partial charge in [0.05, 0.1) is 15.9 Å². The molecule has 1 saturated heterocycles. The van der Waals surface area contributed by atoms with Crippen LogP contribution in [0.4, 0.5) is 16.3 Å². The zero-order chi connectivity index (χ0) is 27.9. The van der Waals surface area contributed by atoms with E-state index in [-0.39, 0.29) is 11.4 Å². The molecule has 0 radical (unpaired) electrons. The van der Waals surface area contributed by atoms with Crippen molar-refractivity contribution in [2.45, 2.75) is 39.7 Å². The number of anilines is 2. The van der Waals surface area contributed by atoms with Gasteiger partial charge in [0, 0.05) is 61.7 Å². The van der Waals surface area contributed by atoms with Crippen LogP contribution in [-0.2, 0) is 12.0 Å². The number of piperazine rings is 1.